The van der Waals surface area contributed by atoms with Crippen LogP contribution in [0.4, 0.5) is 0 Å². The summed E-state index contributed by atoms with van der Waals surface area (Å²) in [4.78, 5) is 0. The van der Waals surface area contributed by atoms with E-state index in [2.05, 4.69) is 140 Å². The second-order valence-corrected chi connectivity index (χ2v) is 12.7. The van der Waals surface area contributed by atoms with Crippen molar-refractivity contribution >= 4 is 3.21 Å². The van der Waals surface area contributed by atoms with Gasteiger partial charge in [0.25, 0.3) is 0 Å². The van der Waals surface area contributed by atoms with Crippen LogP contribution < -0.4 is 24.8 Å². The molecule has 1 atom stereocenters. The summed E-state index contributed by atoms with van der Waals surface area (Å²) < 4.78 is 1.63. The molecule has 202 valence electrons. The Kier molecular flexibility index (Phi) is 7.97. The molecule has 3 heteroatoms. The molecule has 0 saturated heterocycles. The van der Waals surface area contributed by atoms with Crippen molar-refractivity contribution < 1.29 is 49.0 Å². The first-order valence-corrected chi connectivity index (χ1v) is 15.4. The van der Waals surface area contributed by atoms with Crippen LogP contribution in [0.5, 0.6) is 0 Å². The summed E-state index contributed by atoms with van der Waals surface area (Å²) in [5.41, 5.74) is 15.3. The molecule has 42 heavy (non-hydrogen) atoms. The molecule has 0 radical (unpaired) electrons. The van der Waals surface area contributed by atoms with E-state index in [9.17, 15) is 0 Å². The molecule has 0 saturated carbocycles. The molecule has 0 heterocycles. The van der Waals surface area contributed by atoms with Crippen molar-refractivity contribution in [2.75, 3.05) is 0 Å². The van der Waals surface area contributed by atoms with E-state index in [1.165, 1.54) is 85.4 Å². The maximum atomic E-state index is 2.44. The normalized spacial score (nSPS) is 17.8. The molecule has 8 rings (SSSR count). The van der Waals surface area contributed by atoms with Crippen LogP contribution in [0.25, 0.3) is 33.4 Å². The van der Waals surface area contributed by atoms with Gasteiger partial charge in [0.15, 0.2) is 0 Å². The topological polar surface area (TPSA) is 0 Å². The van der Waals surface area contributed by atoms with E-state index in [0.717, 1.165) is 12.8 Å². The van der Waals surface area contributed by atoms with Crippen LogP contribution in [0, 0.1) is 5.92 Å². The van der Waals surface area contributed by atoms with E-state index in [1.54, 1.807) is 3.21 Å². The third-order valence-corrected chi connectivity index (χ3v) is 10.6. The molecule has 0 fully saturated rings. The van der Waals surface area contributed by atoms with E-state index < -0.39 is 0 Å². The summed E-state index contributed by atoms with van der Waals surface area (Å²) in [6.45, 7) is 0. The van der Waals surface area contributed by atoms with Crippen LogP contribution >= 0.6 is 0 Å². The molecule has 0 aliphatic heterocycles. The third-order valence-electron chi connectivity index (χ3n) is 9.20. The van der Waals surface area contributed by atoms with Crippen LogP contribution in [0.2, 0.25) is 0 Å². The Bertz CT molecular complexity index is 1860. The van der Waals surface area contributed by atoms with Crippen LogP contribution in [-0.4, -0.2) is 3.21 Å². The van der Waals surface area contributed by atoms with Crippen LogP contribution in [-0.2, 0) is 42.5 Å². The van der Waals surface area contributed by atoms with Crippen molar-refractivity contribution in [3.63, 3.8) is 0 Å². The predicted molar refractivity (Wildman–Crippen MR) is 163 cm³/mol. The molecule has 0 N–H and O–H groups in total. The Hall–Kier alpha value is -3.09. The maximum absolute atomic E-state index is 2.44. The Morgan fingerprint density at radius 2 is 1.17 bits per heavy atom. The van der Waals surface area contributed by atoms with Gasteiger partial charge in [-0.2, -0.15) is 0 Å². The second kappa shape index (κ2) is 11.5. The number of hydrogen-bond donors (Lipinski definition) is 0. The SMILES string of the molecule is [Cl-].[Cl-].[Zr+2]=[C]1Cc2ccccc2C1(c1c(-c2ccccc2)ccc2c1Cc1cc(-c3ccccc3)ccc1-2)C1C=CC=C1. The molecule has 3 aliphatic rings. The number of hydrogen-bond acceptors (Lipinski definition) is 0. The van der Waals surface area contributed by atoms with E-state index in [0.29, 0.717) is 5.92 Å². The zero-order chi connectivity index (χ0) is 26.7. The Balaban J connectivity index is 0.00000158. The van der Waals surface area contributed by atoms with Gasteiger partial charge in [0.05, 0.1) is 0 Å². The molecule has 5 aromatic carbocycles. The van der Waals surface area contributed by atoms with Crippen molar-refractivity contribution in [2.24, 2.45) is 5.92 Å². The molecule has 3 aliphatic carbocycles. The fourth-order valence-corrected chi connectivity index (χ4v) is 9.02. The average Bonchev–Trinajstić information content (AvgIpc) is 3.74. The van der Waals surface area contributed by atoms with Gasteiger partial charge in [-0.25, -0.2) is 0 Å². The van der Waals surface area contributed by atoms with Crippen LogP contribution in [0.3, 0.4) is 0 Å². The summed E-state index contributed by atoms with van der Waals surface area (Å²) in [7, 11) is 0. The first kappa shape index (κ1) is 29.0. The van der Waals surface area contributed by atoms with Crippen molar-refractivity contribution in [2.45, 2.75) is 18.3 Å². The summed E-state index contributed by atoms with van der Waals surface area (Å²) in [5.74, 6) is 0.308. The Morgan fingerprint density at radius 3 is 1.90 bits per heavy atom. The van der Waals surface area contributed by atoms with Crippen LogP contribution in [0.1, 0.15) is 27.8 Å². The van der Waals surface area contributed by atoms with E-state index in [4.69, 9.17) is 0 Å². The van der Waals surface area contributed by atoms with Gasteiger partial charge < -0.3 is 24.8 Å². The zero-order valence-electron chi connectivity index (χ0n) is 23.0. The summed E-state index contributed by atoms with van der Waals surface area (Å²) in [5, 5.41) is 0. The molecule has 0 spiro atoms. The fraction of sp³-hybridized carbons (Fsp3) is 0.103. The van der Waals surface area contributed by atoms with Gasteiger partial charge >= 0.3 is 252 Å². The minimum absolute atomic E-state index is 0. The van der Waals surface area contributed by atoms with Crippen molar-refractivity contribution in [1.82, 2.24) is 0 Å². The Labute approximate surface area is 275 Å². The molecular weight excluding hydrogens is 631 g/mol. The summed E-state index contributed by atoms with van der Waals surface area (Å²) >= 11 is 1.53. The minimum atomic E-state index is -0.167. The van der Waals surface area contributed by atoms with Gasteiger partial charge in [-0.1, -0.05) is 0 Å². The van der Waals surface area contributed by atoms with Gasteiger partial charge in [0.2, 0.25) is 0 Å². The summed E-state index contributed by atoms with van der Waals surface area (Å²) in [6.07, 6.45) is 11.4. The molecule has 0 aromatic heterocycles. The number of benzene rings is 5. The van der Waals surface area contributed by atoms with Gasteiger partial charge in [0, 0.05) is 0 Å². The quantitative estimate of drug-likeness (QED) is 0.274. The molecule has 5 aromatic rings. The van der Waals surface area contributed by atoms with Crippen molar-refractivity contribution in [1.29, 1.82) is 0 Å². The van der Waals surface area contributed by atoms with Crippen molar-refractivity contribution in [3.8, 4) is 33.4 Å². The molecule has 1 unspecified atom stereocenters. The van der Waals surface area contributed by atoms with E-state index >= 15 is 0 Å². The Morgan fingerprint density at radius 1 is 0.548 bits per heavy atom. The van der Waals surface area contributed by atoms with E-state index in [-0.39, 0.29) is 30.2 Å². The zero-order valence-corrected chi connectivity index (χ0v) is 27.0. The third kappa shape index (κ3) is 4.33. The number of halogens is 2. The van der Waals surface area contributed by atoms with Gasteiger partial charge in [-0.05, 0) is 0 Å². The molecular formula is C39H28Cl2Zr. The number of allylic oxidation sites excluding steroid dienone is 4. The monoisotopic (exact) mass is 656 g/mol. The van der Waals surface area contributed by atoms with E-state index in [1.807, 2.05) is 0 Å². The van der Waals surface area contributed by atoms with Gasteiger partial charge in [0.1, 0.15) is 0 Å². The first-order valence-electron chi connectivity index (χ1n) is 14.2. The van der Waals surface area contributed by atoms with Crippen molar-refractivity contribution in [3.05, 3.63) is 167 Å². The van der Waals surface area contributed by atoms with Gasteiger partial charge in [-0.15, -0.1) is 0 Å². The fourth-order valence-electron chi connectivity index (χ4n) is 7.50. The molecule has 0 bridgehead atoms. The number of fused-ring (bicyclic) bond motifs is 4. The number of rotatable bonds is 4. The average molecular weight is 659 g/mol. The van der Waals surface area contributed by atoms with Crippen LogP contribution in [0.15, 0.2) is 140 Å². The van der Waals surface area contributed by atoms with Gasteiger partial charge in [-0.3, -0.25) is 0 Å². The summed E-state index contributed by atoms with van der Waals surface area (Å²) in [6, 6.07) is 43.0. The first-order chi connectivity index (χ1) is 19.7. The standard InChI is InChI=1S/C39H28.2ClH.Zr/c1-3-11-27(12-4-1)30-19-20-33-31(25-30)26-36-35(33)22-21-34(28-13-5-2-6-14-28)38(36)39(32-16-8-9-17-32)24-23-29-15-7-10-18-37(29)39;;;/h1-22,25,32H,23,26H2;2*1H;/q;;;+2/p-2. The molecule has 0 nitrogen and oxygen atoms in total. The predicted octanol–water partition coefficient (Wildman–Crippen LogP) is 2.90. The second-order valence-electron chi connectivity index (χ2n) is 11.2. The molecule has 0 amide bonds.